The average molecular weight is 359 g/mol. The lowest BCUT2D eigenvalue weighted by Gasteiger charge is -2.36. The lowest BCUT2D eigenvalue weighted by molar-refractivity contribution is 0.102. The van der Waals surface area contributed by atoms with E-state index in [1.54, 1.807) is 0 Å². The topological polar surface area (TPSA) is 35.6 Å². The van der Waals surface area contributed by atoms with Gasteiger partial charge in [-0.3, -0.25) is 9.69 Å². The minimum absolute atomic E-state index is 0.0834. The molecule has 138 valence electrons. The summed E-state index contributed by atoms with van der Waals surface area (Å²) in [4.78, 5) is 16.9. The molecular weight excluding hydrogens is 336 g/mol. The molecule has 1 amide bonds. The van der Waals surface area contributed by atoms with Gasteiger partial charge in [0.25, 0.3) is 5.91 Å². The van der Waals surface area contributed by atoms with Crippen molar-refractivity contribution < 1.29 is 13.6 Å². The predicted octanol–water partition coefficient (Wildman–Crippen LogP) is 3.75. The van der Waals surface area contributed by atoms with E-state index >= 15 is 0 Å². The number of halogens is 2. The summed E-state index contributed by atoms with van der Waals surface area (Å²) in [6, 6.07) is 10.7. The molecule has 6 heteroatoms. The Hall–Kier alpha value is -2.47. The molecule has 2 aromatic carbocycles. The summed E-state index contributed by atoms with van der Waals surface area (Å²) in [7, 11) is 0. The van der Waals surface area contributed by atoms with Crippen LogP contribution in [0.15, 0.2) is 42.5 Å². The van der Waals surface area contributed by atoms with E-state index in [1.807, 2.05) is 24.3 Å². The Kier molecular flexibility index (Phi) is 5.83. The smallest absolute Gasteiger partial charge is 0.255 e. The molecule has 1 aliphatic heterocycles. The number of carbonyl (C=O) groups is 1. The summed E-state index contributed by atoms with van der Waals surface area (Å²) in [5, 5.41) is 2.70. The molecule has 4 nitrogen and oxygen atoms in total. The molecule has 1 heterocycles. The molecule has 1 saturated heterocycles. The Balaban J connectivity index is 1.59. The van der Waals surface area contributed by atoms with Gasteiger partial charge in [0, 0.05) is 43.1 Å². The van der Waals surface area contributed by atoms with Gasteiger partial charge in [0.05, 0.1) is 0 Å². The molecule has 0 atom stereocenters. The van der Waals surface area contributed by atoms with Crippen LogP contribution in [0.2, 0.25) is 0 Å². The lowest BCUT2D eigenvalue weighted by atomic mass is 10.2. The number of benzene rings is 2. The molecule has 1 fully saturated rings. The van der Waals surface area contributed by atoms with E-state index < -0.39 is 17.5 Å². The Labute approximate surface area is 152 Å². The molecule has 3 rings (SSSR count). The van der Waals surface area contributed by atoms with Crippen molar-refractivity contribution >= 4 is 17.3 Å². The quantitative estimate of drug-likeness (QED) is 0.883. The SMILES string of the molecule is CCCN1CCN(c2ccc(NC(=O)c3ccc(F)c(F)c3)cc2)CC1. The van der Waals surface area contributed by atoms with Crippen LogP contribution >= 0.6 is 0 Å². The van der Waals surface area contributed by atoms with Crippen LogP contribution in [-0.4, -0.2) is 43.5 Å². The Morgan fingerprint density at radius 2 is 1.69 bits per heavy atom. The minimum Gasteiger partial charge on any atom is -0.369 e. The number of carbonyl (C=O) groups excluding carboxylic acids is 1. The Morgan fingerprint density at radius 3 is 2.31 bits per heavy atom. The van der Waals surface area contributed by atoms with Crippen LogP contribution in [0.1, 0.15) is 23.7 Å². The third-order valence-electron chi connectivity index (χ3n) is 4.58. The standard InChI is InChI=1S/C20H23F2N3O/c1-2-9-24-10-12-25(13-11-24)17-6-4-16(5-7-17)23-20(26)15-3-8-18(21)19(22)14-15/h3-8,14H,2,9-13H2,1H3,(H,23,26). The van der Waals surface area contributed by atoms with Gasteiger partial charge in [-0.05, 0) is 55.4 Å². The fourth-order valence-electron chi connectivity index (χ4n) is 3.14. The first-order valence-electron chi connectivity index (χ1n) is 8.90. The maximum atomic E-state index is 13.2. The van der Waals surface area contributed by atoms with Gasteiger partial charge in [-0.15, -0.1) is 0 Å². The number of nitrogens with one attached hydrogen (secondary N) is 1. The summed E-state index contributed by atoms with van der Waals surface area (Å²) in [6.45, 7) is 7.43. The van der Waals surface area contributed by atoms with Crippen LogP contribution < -0.4 is 10.2 Å². The molecular formula is C20H23F2N3O. The molecule has 0 spiro atoms. The maximum Gasteiger partial charge on any atom is 0.255 e. The fraction of sp³-hybridized carbons (Fsp3) is 0.350. The normalized spacial score (nSPS) is 15.1. The number of rotatable bonds is 5. The van der Waals surface area contributed by atoms with E-state index in [1.165, 1.54) is 12.5 Å². The number of hydrogen-bond acceptors (Lipinski definition) is 3. The monoisotopic (exact) mass is 359 g/mol. The third kappa shape index (κ3) is 4.38. The van der Waals surface area contributed by atoms with Crippen molar-refractivity contribution in [3.05, 3.63) is 59.7 Å². The highest BCUT2D eigenvalue weighted by molar-refractivity contribution is 6.04. The van der Waals surface area contributed by atoms with Gasteiger partial charge >= 0.3 is 0 Å². The zero-order valence-electron chi connectivity index (χ0n) is 14.8. The van der Waals surface area contributed by atoms with Crippen molar-refractivity contribution in [1.82, 2.24) is 4.90 Å². The molecule has 0 aromatic heterocycles. The first-order valence-corrected chi connectivity index (χ1v) is 8.90. The fourth-order valence-corrected chi connectivity index (χ4v) is 3.14. The van der Waals surface area contributed by atoms with Gasteiger partial charge < -0.3 is 10.2 Å². The molecule has 1 aliphatic rings. The van der Waals surface area contributed by atoms with Crippen molar-refractivity contribution in [1.29, 1.82) is 0 Å². The highest BCUT2D eigenvalue weighted by Crippen LogP contribution is 2.20. The second-order valence-electron chi connectivity index (χ2n) is 6.46. The van der Waals surface area contributed by atoms with Gasteiger partial charge in [-0.1, -0.05) is 6.92 Å². The van der Waals surface area contributed by atoms with E-state index in [2.05, 4.69) is 22.0 Å². The van der Waals surface area contributed by atoms with Crippen molar-refractivity contribution in [3.8, 4) is 0 Å². The second kappa shape index (κ2) is 8.27. The van der Waals surface area contributed by atoms with Crippen LogP contribution in [0.3, 0.4) is 0 Å². The zero-order valence-corrected chi connectivity index (χ0v) is 14.8. The molecule has 2 aromatic rings. The van der Waals surface area contributed by atoms with Gasteiger partial charge in [-0.2, -0.15) is 0 Å². The summed E-state index contributed by atoms with van der Waals surface area (Å²) < 4.78 is 26.2. The van der Waals surface area contributed by atoms with Gasteiger partial charge in [0.1, 0.15) is 0 Å². The van der Waals surface area contributed by atoms with Crippen molar-refractivity contribution in [3.63, 3.8) is 0 Å². The van der Waals surface area contributed by atoms with E-state index in [-0.39, 0.29) is 5.56 Å². The number of anilines is 2. The highest BCUT2D eigenvalue weighted by Gasteiger charge is 2.16. The zero-order chi connectivity index (χ0) is 18.5. The molecule has 0 saturated carbocycles. The van der Waals surface area contributed by atoms with E-state index in [0.29, 0.717) is 5.69 Å². The van der Waals surface area contributed by atoms with Gasteiger partial charge in [0.15, 0.2) is 11.6 Å². The number of hydrogen-bond donors (Lipinski definition) is 1. The minimum atomic E-state index is -1.03. The van der Waals surface area contributed by atoms with Crippen LogP contribution in [0.4, 0.5) is 20.2 Å². The van der Waals surface area contributed by atoms with E-state index in [4.69, 9.17) is 0 Å². The molecule has 1 N–H and O–H groups in total. The van der Waals surface area contributed by atoms with Crippen LogP contribution in [0, 0.1) is 11.6 Å². The summed E-state index contributed by atoms with van der Waals surface area (Å²) >= 11 is 0. The summed E-state index contributed by atoms with van der Waals surface area (Å²) in [5.41, 5.74) is 1.82. The molecule has 26 heavy (non-hydrogen) atoms. The van der Waals surface area contributed by atoms with Crippen LogP contribution in [0.5, 0.6) is 0 Å². The first kappa shape index (κ1) is 18.3. The maximum absolute atomic E-state index is 13.2. The molecule has 0 bridgehead atoms. The molecule has 0 radical (unpaired) electrons. The van der Waals surface area contributed by atoms with Gasteiger partial charge in [0.2, 0.25) is 0 Å². The number of piperazine rings is 1. The molecule has 0 aliphatic carbocycles. The number of amides is 1. The van der Waals surface area contributed by atoms with Crippen molar-refractivity contribution in [2.45, 2.75) is 13.3 Å². The summed E-state index contributed by atoms with van der Waals surface area (Å²) in [6.07, 6.45) is 1.17. The van der Waals surface area contributed by atoms with Crippen molar-refractivity contribution in [2.24, 2.45) is 0 Å². The molecule has 0 unspecified atom stereocenters. The highest BCUT2D eigenvalue weighted by atomic mass is 19.2. The number of nitrogens with zero attached hydrogens (tertiary/aromatic N) is 2. The van der Waals surface area contributed by atoms with Gasteiger partial charge in [-0.25, -0.2) is 8.78 Å². The largest absolute Gasteiger partial charge is 0.369 e. The van der Waals surface area contributed by atoms with Crippen LogP contribution in [0.25, 0.3) is 0 Å². The van der Waals surface area contributed by atoms with Crippen molar-refractivity contribution in [2.75, 3.05) is 42.9 Å². The van der Waals surface area contributed by atoms with E-state index in [0.717, 1.165) is 50.5 Å². The van der Waals surface area contributed by atoms with Crippen LogP contribution in [-0.2, 0) is 0 Å². The Morgan fingerprint density at radius 1 is 1.00 bits per heavy atom. The second-order valence-corrected chi connectivity index (χ2v) is 6.46. The Bertz CT molecular complexity index is 756. The summed E-state index contributed by atoms with van der Waals surface area (Å²) in [5.74, 6) is -2.47. The van der Waals surface area contributed by atoms with E-state index in [9.17, 15) is 13.6 Å². The lowest BCUT2D eigenvalue weighted by Crippen LogP contribution is -2.46. The third-order valence-corrected chi connectivity index (χ3v) is 4.58. The first-order chi connectivity index (χ1) is 12.6. The average Bonchev–Trinajstić information content (AvgIpc) is 2.65. The predicted molar refractivity (Wildman–Crippen MR) is 99.7 cm³/mol.